The van der Waals surface area contributed by atoms with E-state index < -0.39 is 6.09 Å². The summed E-state index contributed by atoms with van der Waals surface area (Å²) < 4.78 is 5.44. The van der Waals surface area contributed by atoms with Crippen LogP contribution in [0.15, 0.2) is 60.7 Å². The van der Waals surface area contributed by atoms with Crippen molar-refractivity contribution >= 4 is 17.5 Å². The summed E-state index contributed by atoms with van der Waals surface area (Å²) in [7, 11) is 0. The third-order valence-electron chi connectivity index (χ3n) is 3.17. The molecule has 0 aliphatic heterocycles. The number of anilines is 2. The molecule has 0 bridgehead atoms. The minimum atomic E-state index is -0.455. The van der Waals surface area contributed by atoms with E-state index in [1.807, 2.05) is 79.4 Å². The first kappa shape index (κ1) is 14.9. The van der Waals surface area contributed by atoms with Crippen molar-refractivity contribution in [1.29, 1.82) is 0 Å². The van der Waals surface area contributed by atoms with Gasteiger partial charge in [0.2, 0.25) is 0 Å². The van der Waals surface area contributed by atoms with Gasteiger partial charge in [-0.05, 0) is 38.1 Å². The number of carbonyl (C=O) groups excluding carboxylic acids is 1. The first-order chi connectivity index (χ1) is 10.2. The van der Waals surface area contributed by atoms with Crippen molar-refractivity contribution in [1.82, 2.24) is 0 Å². The minimum Gasteiger partial charge on any atom is -0.425 e. The summed E-state index contributed by atoms with van der Waals surface area (Å²) in [5.41, 5.74) is 1.75. The molecule has 1 unspecified atom stereocenters. The molecular weight excluding hydrogens is 264 g/mol. The summed E-state index contributed by atoms with van der Waals surface area (Å²) in [6, 6.07) is 19.2. The Hall–Kier alpha value is -2.49. The van der Waals surface area contributed by atoms with Gasteiger partial charge >= 0.3 is 6.09 Å². The van der Waals surface area contributed by atoms with E-state index in [-0.39, 0.29) is 6.23 Å². The van der Waals surface area contributed by atoms with E-state index in [1.54, 1.807) is 0 Å². The smallest absolute Gasteiger partial charge is 0.413 e. The number of rotatable bonds is 5. The Morgan fingerprint density at radius 1 is 1.10 bits per heavy atom. The zero-order valence-corrected chi connectivity index (χ0v) is 12.3. The lowest BCUT2D eigenvalue weighted by atomic mass is 10.3. The number of benzene rings is 2. The summed E-state index contributed by atoms with van der Waals surface area (Å²) in [5, 5.41) is 2.72. The van der Waals surface area contributed by atoms with Crippen LogP contribution in [0.3, 0.4) is 0 Å². The first-order valence-electron chi connectivity index (χ1n) is 7.05. The average Bonchev–Trinajstić information content (AvgIpc) is 2.50. The second-order valence-corrected chi connectivity index (χ2v) is 4.62. The molecule has 0 aromatic heterocycles. The van der Waals surface area contributed by atoms with Gasteiger partial charge in [-0.15, -0.1) is 0 Å². The summed E-state index contributed by atoms with van der Waals surface area (Å²) in [6.45, 7) is 4.65. The fourth-order valence-electron chi connectivity index (χ4n) is 2.16. The second kappa shape index (κ2) is 7.33. The minimum absolute atomic E-state index is 0.346. The lowest BCUT2D eigenvalue weighted by molar-refractivity contribution is 0.118. The molecule has 0 saturated heterocycles. The van der Waals surface area contributed by atoms with Crippen LogP contribution in [0.4, 0.5) is 16.2 Å². The number of hydrogen-bond donors (Lipinski definition) is 1. The SMILES string of the molecule is CCN(c1ccccc1)C(C)OC(=O)Nc1ccccc1. The quantitative estimate of drug-likeness (QED) is 0.840. The Kier molecular flexibility index (Phi) is 5.21. The average molecular weight is 284 g/mol. The van der Waals surface area contributed by atoms with Crippen LogP contribution in [0.25, 0.3) is 0 Å². The Balaban J connectivity index is 1.96. The van der Waals surface area contributed by atoms with Gasteiger partial charge in [0.25, 0.3) is 0 Å². The molecule has 1 atom stereocenters. The lowest BCUT2D eigenvalue weighted by Gasteiger charge is -2.29. The van der Waals surface area contributed by atoms with Gasteiger partial charge < -0.3 is 9.64 Å². The molecule has 2 aromatic carbocycles. The van der Waals surface area contributed by atoms with E-state index in [4.69, 9.17) is 4.74 Å². The highest BCUT2D eigenvalue weighted by molar-refractivity contribution is 5.84. The van der Waals surface area contributed by atoms with E-state index in [2.05, 4.69) is 5.32 Å². The van der Waals surface area contributed by atoms with E-state index >= 15 is 0 Å². The van der Waals surface area contributed by atoms with Gasteiger partial charge in [0.15, 0.2) is 6.23 Å². The molecule has 1 N–H and O–H groups in total. The molecule has 110 valence electrons. The van der Waals surface area contributed by atoms with Crippen LogP contribution < -0.4 is 10.2 Å². The van der Waals surface area contributed by atoms with Crippen LogP contribution >= 0.6 is 0 Å². The zero-order chi connectivity index (χ0) is 15.1. The van der Waals surface area contributed by atoms with Gasteiger partial charge in [0.05, 0.1) is 0 Å². The van der Waals surface area contributed by atoms with Gasteiger partial charge in [-0.25, -0.2) is 4.79 Å². The number of hydrogen-bond acceptors (Lipinski definition) is 3. The van der Waals surface area contributed by atoms with Crippen molar-refractivity contribution in [3.8, 4) is 0 Å². The monoisotopic (exact) mass is 284 g/mol. The number of carbonyl (C=O) groups is 1. The summed E-state index contributed by atoms with van der Waals surface area (Å²) in [4.78, 5) is 13.9. The molecule has 1 amide bonds. The van der Waals surface area contributed by atoms with Crippen LogP contribution in [0.2, 0.25) is 0 Å². The molecule has 2 rings (SSSR count). The maximum atomic E-state index is 11.9. The molecule has 0 radical (unpaired) electrons. The second-order valence-electron chi connectivity index (χ2n) is 4.62. The van der Waals surface area contributed by atoms with Crippen LogP contribution in [0.1, 0.15) is 13.8 Å². The van der Waals surface area contributed by atoms with Gasteiger partial charge in [-0.2, -0.15) is 0 Å². The maximum absolute atomic E-state index is 11.9. The van der Waals surface area contributed by atoms with E-state index in [0.29, 0.717) is 0 Å². The third kappa shape index (κ3) is 4.24. The summed E-state index contributed by atoms with van der Waals surface area (Å²) in [5.74, 6) is 0. The summed E-state index contributed by atoms with van der Waals surface area (Å²) >= 11 is 0. The molecular formula is C17H20N2O2. The predicted octanol–water partition coefficient (Wildman–Crippen LogP) is 4.11. The van der Waals surface area contributed by atoms with Gasteiger partial charge in [0, 0.05) is 17.9 Å². The third-order valence-corrected chi connectivity index (χ3v) is 3.17. The number of para-hydroxylation sites is 2. The van der Waals surface area contributed by atoms with Crippen molar-refractivity contribution in [2.75, 3.05) is 16.8 Å². The van der Waals surface area contributed by atoms with Crippen LogP contribution in [0.5, 0.6) is 0 Å². The normalized spacial score (nSPS) is 11.5. The van der Waals surface area contributed by atoms with E-state index in [1.165, 1.54) is 0 Å². The van der Waals surface area contributed by atoms with Gasteiger partial charge in [0.1, 0.15) is 0 Å². The Morgan fingerprint density at radius 2 is 1.67 bits per heavy atom. The molecule has 4 heteroatoms. The highest BCUT2D eigenvalue weighted by Crippen LogP contribution is 2.17. The first-order valence-corrected chi connectivity index (χ1v) is 7.05. The molecule has 0 aliphatic rings. The predicted molar refractivity (Wildman–Crippen MR) is 85.5 cm³/mol. The Labute approximate surface area is 125 Å². The highest BCUT2D eigenvalue weighted by Gasteiger charge is 2.16. The van der Waals surface area contributed by atoms with E-state index in [0.717, 1.165) is 17.9 Å². The van der Waals surface area contributed by atoms with Crippen molar-refractivity contribution in [2.24, 2.45) is 0 Å². The van der Waals surface area contributed by atoms with Crippen molar-refractivity contribution in [3.63, 3.8) is 0 Å². The fraction of sp³-hybridized carbons (Fsp3) is 0.235. The topological polar surface area (TPSA) is 41.6 Å². The molecule has 0 aliphatic carbocycles. The van der Waals surface area contributed by atoms with Gasteiger partial charge in [-0.1, -0.05) is 36.4 Å². The Bertz CT molecular complexity index is 558. The Morgan fingerprint density at radius 3 is 2.24 bits per heavy atom. The van der Waals surface area contributed by atoms with E-state index in [9.17, 15) is 4.79 Å². The lowest BCUT2D eigenvalue weighted by Crippen LogP contribution is -2.37. The summed E-state index contributed by atoms with van der Waals surface area (Å²) in [6.07, 6.45) is -0.802. The number of amides is 1. The standard InChI is InChI=1S/C17H20N2O2/c1-3-19(16-12-8-5-9-13-16)14(2)21-17(20)18-15-10-6-4-7-11-15/h4-14H,3H2,1-2H3,(H,18,20). The molecule has 21 heavy (non-hydrogen) atoms. The number of nitrogens with zero attached hydrogens (tertiary/aromatic N) is 1. The number of nitrogens with one attached hydrogen (secondary N) is 1. The molecule has 0 spiro atoms. The maximum Gasteiger partial charge on any atom is 0.413 e. The van der Waals surface area contributed by atoms with Crippen molar-refractivity contribution in [2.45, 2.75) is 20.1 Å². The largest absolute Gasteiger partial charge is 0.425 e. The zero-order valence-electron chi connectivity index (χ0n) is 12.3. The molecule has 0 fully saturated rings. The van der Waals surface area contributed by atoms with Gasteiger partial charge in [-0.3, -0.25) is 5.32 Å². The number of ether oxygens (including phenoxy) is 1. The highest BCUT2D eigenvalue weighted by atomic mass is 16.6. The van der Waals surface area contributed by atoms with Crippen molar-refractivity contribution in [3.05, 3.63) is 60.7 Å². The molecule has 4 nitrogen and oxygen atoms in total. The molecule has 0 saturated carbocycles. The van der Waals surface area contributed by atoms with Crippen molar-refractivity contribution < 1.29 is 9.53 Å². The fourth-order valence-corrected chi connectivity index (χ4v) is 2.16. The molecule has 0 heterocycles. The van der Waals surface area contributed by atoms with Crippen LogP contribution in [-0.2, 0) is 4.74 Å². The van der Waals surface area contributed by atoms with Crippen LogP contribution in [0, 0.1) is 0 Å². The van der Waals surface area contributed by atoms with Crippen LogP contribution in [-0.4, -0.2) is 18.9 Å². The molecule has 2 aromatic rings.